The molecule has 4 heteroatoms. The first-order valence-corrected chi connectivity index (χ1v) is 8.08. The van der Waals surface area contributed by atoms with Crippen molar-refractivity contribution in [2.45, 2.75) is 19.4 Å². The average molecular weight is 323 g/mol. The maximum atomic E-state index is 10.7. The van der Waals surface area contributed by atoms with Gasteiger partial charge >= 0.3 is 5.97 Å². The number of aliphatic carboxylic acids is 1. The summed E-state index contributed by atoms with van der Waals surface area (Å²) in [6.07, 6.45) is 5.01. The Bertz CT molecular complexity index is 767. The van der Waals surface area contributed by atoms with Gasteiger partial charge in [0.25, 0.3) is 0 Å². The molecule has 0 aliphatic carbocycles. The first-order valence-electron chi connectivity index (χ1n) is 8.08. The number of hydrogen-bond acceptors (Lipinski definition) is 3. The molecule has 0 saturated carbocycles. The number of methoxy groups -OCH3 is 1. The number of ether oxygens (including phenoxy) is 1. The standard InChI is InChI=1S/C20H21NO3/c1-24-19-10-8-15(9-11-20(22)23)13-17(19)14-21-12-4-6-16-5-2-3-7-18(16)21/h2-3,5,7-11,13H,4,6,12,14H2,1H3,(H,22,23)/b11-9+. The van der Waals surface area contributed by atoms with Crippen LogP contribution in [0.25, 0.3) is 6.08 Å². The zero-order valence-electron chi connectivity index (χ0n) is 13.7. The van der Waals surface area contributed by atoms with Crippen LogP contribution in [-0.2, 0) is 17.8 Å². The van der Waals surface area contributed by atoms with Gasteiger partial charge in [0.15, 0.2) is 0 Å². The summed E-state index contributed by atoms with van der Waals surface area (Å²) < 4.78 is 5.49. The van der Waals surface area contributed by atoms with Crippen molar-refractivity contribution in [2.24, 2.45) is 0 Å². The van der Waals surface area contributed by atoms with E-state index < -0.39 is 5.97 Å². The molecular weight excluding hydrogens is 302 g/mol. The third kappa shape index (κ3) is 3.59. The number of fused-ring (bicyclic) bond motifs is 1. The molecule has 1 aliphatic heterocycles. The Kier molecular flexibility index (Phi) is 4.85. The molecule has 0 unspecified atom stereocenters. The molecule has 0 fully saturated rings. The van der Waals surface area contributed by atoms with Crippen molar-refractivity contribution in [2.75, 3.05) is 18.6 Å². The number of para-hydroxylation sites is 1. The Hall–Kier alpha value is -2.75. The number of aryl methyl sites for hydroxylation is 1. The van der Waals surface area contributed by atoms with Crippen molar-refractivity contribution in [1.29, 1.82) is 0 Å². The second-order valence-corrected chi connectivity index (χ2v) is 5.90. The van der Waals surface area contributed by atoms with Gasteiger partial charge in [-0.25, -0.2) is 4.79 Å². The van der Waals surface area contributed by atoms with Crippen molar-refractivity contribution in [1.82, 2.24) is 0 Å². The van der Waals surface area contributed by atoms with Crippen molar-refractivity contribution in [3.05, 3.63) is 65.2 Å². The summed E-state index contributed by atoms with van der Waals surface area (Å²) in [4.78, 5) is 13.1. The van der Waals surface area contributed by atoms with E-state index in [0.29, 0.717) is 0 Å². The molecule has 0 amide bonds. The molecular formula is C20H21NO3. The molecule has 4 nitrogen and oxygen atoms in total. The predicted octanol–water partition coefficient (Wildman–Crippen LogP) is 3.75. The lowest BCUT2D eigenvalue weighted by Crippen LogP contribution is -2.28. The minimum Gasteiger partial charge on any atom is -0.496 e. The molecule has 3 rings (SSSR count). The number of carboxylic acids is 1. The summed E-state index contributed by atoms with van der Waals surface area (Å²) in [7, 11) is 1.66. The highest BCUT2D eigenvalue weighted by Gasteiger charge is 2.17. The van der Waals surface area contributed by atoms with Crippen molar-refractivity contribution >= 4 is 17.7 Å². The maximum absolute atomic E-state index is 10.7. The number of rotatable bonds is 5. The zero-order chi connectivity index (χ0) is 16.9. The molecule has 0 spiro atoms. The number of anilines is 1. The highest BCUT2D eigenvalue weighted by molar-refractivity contribution is 5.85. The maximum Gasteiger partial charge on any atom is 0.328 e. The Morgan fingerprint density at radius 1 is 1.29 bits per heavy atom. The fraction of sp³-hybridized carbons (Fsp3) is 0.250. The Morgan fingerprint density at radius 2 is 2.12 bits per heavy atom. The summed E-state index contributed by atoms with van der Waals surface area (Å²) in [6, 6.07) is 14.3. The number of carbonyl (C=O) groups is 1. The number of benzene rings is 2. The van der Waals surface area contributed by atoms with Crippen molar-refractivity contribution in [3.8, 4) is 5.75 Å². The second-order valence-electron chi connectivity index (χ2n) is 5.90. The summed E-state index contributed by atoms with van der Waals surface area (Å²) in [5, 5.41) is 8.80. The summed E-state index contributed by atoms with van der Waals surface area (Å²) in [5.74, 6) is -0.122. The number of nitrogens with zero attached hydrogens (tertiary/aromatic N) is 1. The quantitative estimate of drug-likeness (QED) is 0.852. The number of hydrogen-bond donors (Lipinski definition) is 1. The lowest BCUT2D eigenvalue weighted by atomic mass is 10.0. The molecule has 1 N–H and O–H groups in total. The molecule has 1 aliphatic rings. The van der Waals surface area contributed by atoms with Crippen LogP contribution in [0.15, 0.2) is 48.5 Å². The van der Waals surface area contributed by atoms with Crippen LogP contribution in [0.4, 0.5) is 5.69 Å². The minimum absolute atomic E-state index is 0.745. The largest absolute Gasteiger partial charge is 0.496 e. The van der Waals surface area contributed by atoms with E-state index in [2.05, 4.69) is 29.2 Å². The Morgan fingerprint density at radius 3 is 2.92 bits per heavy atom. The second kappa shape index (κ2) is 7.21. The van der Waals surface area contributed by atoms with Gasteiger partial charge in [-0.2, -0.15) is 0 Å². The molecule has 2 aromatic carbocycles. The lowest BCUT2D eigenvalue weighted by molar-refractivity contribution is -0.131. The fourth-order valence-electron chi connectivity index (χ4n) is 3.17. The van der Waals surface area contributed by atoms with E-state index in [1.807, 2.05) is 18.2 Å². The van der Waals surface area contributed by atoms with Gasteiger partial charge in [-0.15, -0.1) is 0 Å². The average Bonchev–Trinajstić information content (AvgIpc) is 2.60. The first-order chi connectivity index (χ1) is 11.7. The van der Waals surface area contributed by atoms with Crippen LogP contribution in [0.5, 0.6) is 5.75 Å². The van der Waals surface area contributed by atoms with Crippen LogP contribution in [0.3, 0.4) is 0 Å². The SMILES string of the molecule is COc1ccc(/C=C/C(=O)O)cc1CN1CCCc2ccccc21. The van der Waals surface area contributed by atoms with Crippen LogP contribution in [0.1, 0.15) is 23.1 Å². The molecule has 0 atom stereocenters. The normalized spacial score (nSPS) is 13.8. The monoisotopic (exact) mass is 323 g/mol. The molecule has 1 heterocycles. The van der Waals surface area contributed by atoms with Crippen LogP contribution in [0, 0.1) is 0 Å². The molecule has 0 aromatic heterocycles. The van der Waals surface area contributed by atoms with E-state index in [1.165, 1.54) is 11.3 Å². The summed E-state index contributed by atoms with van der Waals surface area (Å²) in [6.45, 7) is 1.75. The molecule has 24 heavy (non-hydrogen) atoms. The van der Waals surface area contributed by atoms with E-state index in [9.17, 15) is 4.79 Å². The van der Waals surface area contributed by atoms with Gasteiger partial charge in [0.2, 0.25) is 0 Å². The van der Waals surface area contributed by atoms with Gasteiger partial charge in [-0.1, -0.05) is 24.3 Å². The third-order valence-electron chi connectivity index (χ3n) is 4.29. The predicted molar refractivity (Wildman–Crippen MR) is 95.5 cm³/mol. The van der Waals surface area contributed by atoms with E-state index in [1.54, 1.807) is 13.2 Å². The van der Waals surface area contributed by atoms with Gasteiger partial charge in [-0.05, 0) is 48.2 Å². The van der Waals surface area contributed by atoms with Gasteiger partial charge in [0.05, 0.1) is 7.11 Å². The van der Waals surface area contributed by atoms with Crippen LogP contribution < -0.4 is 9.64 Å². The van der Waals surface area contributed by atoms with Crippen LogP contribution in [-0.4, -0.2) is 24.7 Å². The summed E-state index contributed by atoms with van der Waals surface area (Å²) >= 11 is 0. The first kappa shape index (κ1) is 16.1. The molecule has 124 valence electrons. The van der Waals surface area contributed by atoms with Crippen molar-refractivity contribution in [3.63, 3.8) is 0 Å². The lowest BCUT2D eigenvalue weighted by Gasteiger charge is -2.31. The van der Waals surface area contributed by atoms with Crippen LogP contribution in [0.2, 0.25) is 0 Å². The highest BCUT2D eigenvalue weighted by Crippen LogP contribution is 2.30. The van der Waals surface area contributed by atoms with E-state index >= 15 is 0 Å². The highest BCUT2D eigenvalue weighted by atomic mass is 16.5. The van der Waals surface area contributed by atoms with Gasteiger partial charge in [0, 0.05) is 30.4 Å². The van der Waals surface area contributed by atoms with Crippen molar-refractivity contribution < 1.29 is 14.6 Å². The molecule has 0 bridgehead atoms. The van der Waals surface area contributed by atoms with E-state index in [0.717, 1.165) is 48.9 Å². The smallest absolute Gasteiger partial charge is 0.328 e. The minimum atomic E-state index is -0.947. The fourth-order valence-corrected chi connectivity index (χ4v) is 3.17. The van der Waals surface area contributed by atoms with E-state index in [4.69, 9.17) is 9.84 Å². The zero-order valence-corrected chi connectivity index (χ0v) is 13.7. The van der Waals surface area contributed by atoms with E-state index in [-0.39, 0.29) is 0 Å². The third-order valence-corrected chi connectivity index (χ3v) is 4.29. The van der Waals surface area contributed by atoms with Crippen LogP contribution >= 0.6 is 0 Å². The van der Waals surface area contributed by atoms with Gasteiger partial charge in [-0.3, -0.25) is 0 Å². The van der Waals surface area contributed by atoms with Gasteiger partial charge < -0.3 is 14.7 Å². The number of carboxylic acid groups (broad SMARTS) is 1. The Balaban J connectivity index is 1.89. The molecule has 2 aromatic rings. The topological polar surface area (TPSA) is 49.8 Å². The molecule has 0 saturated heterocycles. The van der Waals surface area contributed by atoms with Gasteiger partial charge in [0.1, 0.15) is 5.75 Å². The molecule has 0 radical (unpaired) electrons. The Labute approximate surface area is 142 Å². The summed E-state index contributed by atoms with van der Waals surface area (Å²) in [5.41, 5.74) is 4.57.